The average Bonchev–Trinajstić information content (AvgIpc) is 2.50. The summed E-state index contributed by atoms with van der Waals surface area (Å²) in [6.45, 7) is 1.07. The molecule has 1 aromatic rings. The Bertz CT molecular complexity index is 566. The Balaban J connectivity index is 1.39. The molecule has 1 atom stereocenters. The molecule has 0 heterocycles. The summed E-state index contributed by atoms with van der Waals surface area (Å²) < 4.78 is 6.57. The van der Waals surface area contributed by atoms with Crippen LogP contribution in [0, 0.1) is 17.8 Å². The lowest BCUT2D eigenvalue weighted by molar-refractivity contribution is -0.873. The van der Waals surface area contributed by atoms with E-state index in [1.807, 2.05) is 0 Å². The molecule has 138 valence electrons. The molecule has 0 amide bonds. The Kier molecular flexibility index (Phi) is 4.36. The Morgan fingerprint density at radius 2 is 1.52 bits per heavy atom. The molecule has 0 saturated heterocycles. The first-order valence-corrected chi connectivity index (χ1v) is 10.0. The molecule has 5 rings (SSSR count). The van der Waals surface area contributed by atoms with Gasteiger partial charge in [-0.05, 0) is 79.4 Å². The zero-order chi connectivity index (χ0) is 17.7. The number of hydrogen-bond acceptors (Lipinski definition) is 2. The highest BCUT2D eigenvalue weighted by Gasteiger charge is 2.51. The highest BCUT2D eigenvalue weighted by Crippen LogP contribution is 2.60. The van der Waals surface area contributed by atoms with Crippen molar-refractivity contribution in [2.24, 2.45) is 17.8 Å². The van der Waals surface area contributed by atoms with Crippen LogP contribution in [0.1, 0.15) is 44.1 Å². The third-order valence-electron chi connectivity index (χ3n) is 6.71. The van der Waals surface area contributed by atoms with Crippen molar-refractivity contribution in [2.75, 3.05) is 34.3 Å². The number of rotatable bonds is 6. The fourth-order valence-electron chi connectivity index (χ4n) is 6.25. The van der Waals surface area contributed by atoms with E-state index in [0.717, 1.165) is 28.0 Å². The number of likely N-dealkylation sites (N-methyl/N-ethyl adjacent to an activating group) is 1. The van der Waals surface area contributed by atoms with E-state index in [1.54, 1.807) is 0 Å². The zero-order valence-corrected chi connectivity index (χ0v) is 16.1. The predicted octanol–water partition coefficient (Wildman–Crippen LogP) is 3.60. The Labute approximate surface area is 152 Å². The van der Waals surface area contributed by atoms with Gasteiger partial charge in [-0.25, -0.2) is 0 Å². The first kappa shape index (κ1) is 17.4. The van der Waals surface area contributed by atoms with Crippen molar-refractivity contribution in [3.63, 3.8) is 0 Å². The van der Waals surface area contributed by atoms with Crippen LogP contribution in [0.4, 0.5) is 0 Å². The van der Waals surface area contributed by atoms with Gasteiger partial charge in [-0.1, -0.05) is 12.1 Å². The van der Waals surface area contributed by atoms with Gasteiger partial charge in [0.05, 0.1) is 21.1 Å². The standard InChI is InChI=1S/C22H34NO2/c1-23(2,3)14-20(24)15-25-21-6-4-19(5-7-21)22-11-16-8-17(12-22)10-18(9-16)13-22/h4-7,16-18,20,24H,8-15H2,1-3H3/q+1/t16?,17?,18?,20-,22?/m1/s1. The first-order valence-electron chi connectivity index (χ1n) is 10.0. The largest absolute Gasteiger partial charge is 0.491 e. The third-order valence-corrected chi connectivity index (χ3v) is 6.71. The summed E-state index contributed by atoms with van der Waals surface area (Å²) in [5.41, 5.74) is 1.99. The Hall–Kier alpha value is -1.06. The second-order valence-corrected chi connectivity index (χ2v) is 10.2. The SMILES string of the molecule is C[N+](C)(C)C[C@@H](O)COc1ccc(C23CC4CC(CC(C4)C2)C3)cc1. The number of benzene rings is 1. The normalized spacial score (nSPS) is 35.0. The lowest BCUT2D eigenvalue weighted by Gasteiger charge is -2.57. The number of hydrogen-bond donors (Lipinski definition) is 1. The van der Waals surface area contributed by atoms with E-state index in [2.05, 4.69) is 45.4 Å². The van der Waals surface area contributed by atoms with Crippen molar-refractivity contribution in [3.05, 3.63) is 29.8 Å². The molecule has 4 aliphatic rings. The van der Waals surface area contributed by atoms with E-state index < -0.39 is 6.10 Å². The van der Waals surface area contributed by atoms with Gasteiger partial charge in [0.25, 0.3) is 0 Å². The van der Waals surface area contributed by atoms with Crippen molar-refractivity contribution in [1.29, 1.82) is 0 Å². The number of quaternary nitrogens is 1. The number of ether oxygens (including phenoxy) is 1. The van der Waals surface area contributed by atoms with Crippen molar-refractivity contribution < 1.29 is 14.3 Å². The van der Waals surface area contributed by atoms with E-state index in [9.17, 15) is 5.11 Å². The lowest BCUT2D eigenvalue weighted by Crippen LogP contribution is -2.48. The van der Waals surface area contributed by atoms with Crippen LogP contribution in [0.5, 0.6) is 5.75 Å². The maximum absolute atomic E-state index is 10.1. The van der Waals surface area contributed by atoms with Gasteiger partial charge < -0.3 is 14.3 Å². The molecule has 1 aromatic carbocycles. The molecule has 4 fully saturated rings. The maximum Gasteiger partial charge on any atom is 0.137 e. The molecule has 1 N–H and O–H groups in total. The smallest absolute Gasteiger partial charge is 0.137 e. The van der Waals surface area contributed by atoms with Crippen LogP contribution in [0.15, 0.2) is 24.3 Å². The molecule has 4 bridgehead atoms. The minimum absolute atomic E-state index is 0.367. The second kappa shape index (κ2) is 6.28. The lowest BCUT2D eigenvalue weighted by atomic mass is 9.48. The van der Waals surface area contributed by atoms with Gasteiger partial charge >= 0.3 is 0 Å². The van der Waals surface area contributed by atoms with Gasteiger partial charge in [0.15, 0.2) is 0 Å². The predicted molar refractivity (Wildman–Crippen MR) is 101 cm³/mol. The number of aliphatic hydroxyl groups excluding tert-OH is 1. The summed E-state index contributed by atoms with van der Waals surface area (Å²) in [5.74, 6) is 3.82. The van der Waals surface area contributed by atoms with Crippen LogP contribution < -0.4 is 4.74 Å². The van der Waals surface area contributed by atoms with Crippen LogP contribution in [0.2, 0.25) is 0 Å². The maximum atomic E-state index is 10.1. The van der Waals surface area contributed by atoms with Gasteiger partial charge in [0.1, 0.15) is 25.0 Å². The highest BCUT2D eigenvalue weighted by atomic mass is 16.5. The van der Waals surface area contributed by atoms with Gasteiger partial charge in [-0.2, -0.15) is 0 Å². The van der Waals surface area contributed by atoms with Crippen LogP contribution >= 0.6 is 0 Å². The molecule has 4 saturated carbocycles. The van der Waals surface area contributed by atoms with Crippen LogP contribution in [-0.2, 0) is 5.41 Å². The van der Waals surface area contributed by atoms with Gasteiger partial charge in [-0.3, -0.25) is 0 Å². The molecule has 0 unspecified atom stereocenters. The van der Waals surface area contributed by atoms with E-state index in [-0.39, 0.29) is 0 Å². The van der Waals surface area contributed by atoms with Gasteiger partial charge in [-0.15, -0.1) is 0 Å². The highest BCUT2D eigenvalue weighted by molar-refractivity contribution is 5.34. The zero-order valence-electron chi connectivity index (χ0n) is 16.1. The monoisotopic (exact) mass is 344 g/mol. The van der Waals surface area contributed by atoms with Crippen molar-refractivity contribution >= 4 is 0 Å². The number of nitrogens with zero attached hydrogens (tertiary/aromatic N) is 1. The van der Waals surface area contributed by atoms with Crippen molar-refractivity contribution in [2.45, 2.75) is 50.0 Å². The second-order valence-electron chi connectivity index (χ2n) is 10.2. The number of aliphatic hydroxyl groups is 1. The summed E-state index contributed by atoms with van der Waals surface area (Å²) in [6, 6.07) is 8.84. The van der Waals surface area contributed by atoms with E-state index in [1.165, 1.54) is 44.1 Å². The summed E-state index contributed by atoms with van der Waals surface area (Å²) >= 11 is 0. The van der Waals surface area contributed by atoms with E-state index >= 15 is 0 Å². The molecule has 0 spiro atoms. The molecule has 0 aliphatic heterocycles. The van der Waals surface area contributed by atoms with Crippen LogP contribution in [-0.4, -0.2) is 50.0 Å². The van der Waals surface area contributed by atoms with Crippen LogP contribution in [0.25, 0.3) is 0 Å². The molecular weight excluding hydrogens is 310 g/mol. The molecule has 25 heavy (non-hydrogen) atoms. The summed E-state index contributed by atoms with van der Waals surface area (Å²) in [5, 5.41) is 10.1. The first-order chi connectivity index (χ1) is 11.8. The molecule has 4 aliphatic carbocycles. The molecule has 0 aromatic heterocycles. The topological polar surface area (TPSA) is 29.5 Å². The summed E-state index contributed by atoms with van der Waals surface area (Å²) in [4.78, 5) is 0. The molecular formula is C22H34NO2+. The Morgan fingerprint density at radius 3 is 2.00 bits per heavy atom. The summed E-state index contributed by atoms with van der Waals surface area (Å²) in [6.07, 6.45) is 8.26. The molecule has 0 radical (unpaired) electrons. The van der Waals surface area contributed by atoms with E-state index in [0.29, 0.717) is 18.6 Å². The minimum atomic E-state index is -0.428. The average molecular weight is 345 g/mol. The third kappa shape index (κ3) is 3.73. The minimum Gasteiger partial charge on any atom is -0.491 e. The fourth-order valence-corrected chi connectivity index (χ4v) is 6.25. The van der Waals surface area contributed by atoms with Gasteiger partial charge in [0, 0.05) is 0 Å². The van der Waals surface area contributed by atoms with Crippen molar-refractivity contribution in [1.82, 2.24) is 0 Å². The molecule has 3 nitrogen and oxygen atoms in total. The quantitative estimate of drug-likeness (QED) is 0.799. The fraction of sp³-hybridized carbons (Fsp3) is 0.727. The van der Waals surface area contributed by atoms with Crippen LogP contribution in [0.3, 0.4) is 0 Å². The van der Waals surface area contributed by atoms with E-state index in [4.69, 9.17) is 4.74 Å². The molecule has 3 heteroatoms. The van der Waals surface area contributed by atoms with Gasteiger partial charge in [0.2, 0.25) is 0 Å². The summed E-state index contributed by atoms with van der Waals surface area (Å²) in [7, 11) is 6.26. The van der Waals surface area contributed by atoms with Crippen molar-refractivity contribution in [3.8, 4) is 5.75 Å². The Morgan fingerprint density at radius 1 is 1.00 bits per heavy atom.